The van der Waals surface area contributed by atoms with Gasteiger partial charge in [-0.05, 0) is 65.6 Å². The number of nitrogens with zero attached hydrogens (tertiary/aromatic N) is 4. The molecule has 7 heteroatoms. The highest BCUT2D eigenvalue weighted by Gasteiger charge is 2.44. The largest absolute Gasteiger partial charge is 0.398 e. The van der Waals surface area contributed by atoms with Gasteiger partial charge in [-0.1, -0.05) is 30.3 Å². The topological polar surface area (TPSA) is 98.7 Å². The van der Waals surface area contributed by atoms with E-state index < -0.39 is 0 Å². The van der Waals surface area contributed by atoms with Crippen molar-refractivity contribution in [2.24, 2.45) is 13.0 Å². The maximum Gasteiger partial charge on any atom is 0.229 e. The molecular weight excluding hydrogens is 448 g/mol. The molecule has 3 aromatic heterocycles. The molecule has 0 unspecified atom stereocenters. The molecule has 2 aromatic carbocycles. The summed E-state index contributed by atoms with van der Waals surface area (Å²) in [4.78, 5) is 22.1. The molecule has 0 spiro atoms. The molecule has 0 saturated heterocycles. The van der Waals surface area contributed by atoms with E-state index in [1.165, 1.54) is 0 Å². The molecule has 6 rings (SSSR count). The number of nitrogens with one attached hydrogen (secondary N) is 1. The number of carbonyl (C=O) groups excluding carboxylic acids is 1. The number of amides is 1. The van der Waals surface area contributed by atoms with Crippen molar-refractivity contribution in [1.29, 1.82) is 0 Å². The number of anilines is 2. The van der Waals surface area contributed by atoms with Crippen molar-refractivity contribution in [3.05, 3.63) is 90.5 Å². The lowest BCUT2D eigenvalue weighted by molar-refractivity contribution is -0.117. The summed E-state index contributed by atoms with van der Waals surface area (Å²) >= 11 is 0. The Bertz CT molecular complexity index is 1610. The molecule has 1 amide bonds. The van der Waals surface area contributed by atoms with Crippen LogP contribution in [-0.2, 0) is 11.8 Å². The highest BCUT2D eigenvalue weighted by atomic mass is 16.2. The number of aryl methyl sites for hydroxylation is 2. The van der Waals surface area contributed by atoms with Crippen molar-refractivity contribution in [3.8, 4) is 22.4 Å². The van der Waals surface area contributed by atoms with Crippen LogP contribution in [0.1, 0.15) is 23.5 Å². The van der Waals surface area contributed by atoms with Gasteiger partial charge in [0.15, 0.2) is 0 Å². The zero-order chi connectivity index (χ0) is 24.8. The molecule has 7 nitrogen and oxygen atoms in total. The van der Waals surface area contributed by atoms with Crippen molar-refractivity contribution in [1.82, 2.24) is 19.7 Å². The molecule has 1 saturated carbocycles. The summed E-state index contributed by atoms with van der Waals surface area (Å²) in [6, 6.07) is 18.1. The number of fused-ring (bicyclic) bond motifs is 1. The van der Waals surface area contributed by atoms with E-state index in [-0.39, 0.29) is 17.7 Å². The smallest absolute Gasteiger partial charge is 0.229 e. The van der Waals surface area contributed by atoms with Gasteiger partial charge in [0.2, 0.25) is 5.91 Å². The van der Waals surface area contributed by atoms with E-state index in [2.05, 4.69) is 40.5 Å². The molecule has 5 aromatic rings. The molecule has 2 atom stereocenters. The fourth-order valence-corrected chi connectivity index (χ4v) is 4.94. The molecule has 1 aliphatic carbocycles. The summed E-state index contributed by atoms with van der Waals surface area (Å²) in [7, 11) is 1.88. The first-order chi connectivity index (χ1) is 17.5. The monoisotopic (exact) mass is 474 g/mol. The van der Waals surface area contributed by atoms with Crippen molar-refractivity contribution in [2.75, 3.05) is 11.1 Å². The summed E-state index contributed by atoms with van der Waals surface area (Å²) < 4.78 is 1.77. The number of carbonyl (C=O) groups is 1. The highest BCUT2D eigenvalue weighted by molar-refractivity contribution is 6.01. The Morgan fingerprint density at radius 1 is 1.06 bits per heavy atom. The Morgan fingerprint density at radius 3 is 2.67 bits per heavy atom. The third kappa shape index (κ3) is 3.98. The average Bonchev–Trinajstić information content (AvgIpc) is 3.57. The molecule has 3 N–H and O–H groups in total. The van der Waals surface area contributed by atoms with Gasteiger partial charge in [-0.15, -0.1) is 0 Å². The maximum absolute atomic E-state index is 12.9. The van der Waals surface area contributed by atoms with Crippen LogP contribution in [0.15, 0.2) is 79.4 Å². The molecule has 36 heavy (non-hydrogen) atoms. The number of nitrogens with two attached hydrogens (primary N) is 1. The Kier molecular flexibility index (Phi) is 5.25. The number of rotatable bonds is 5. The zero-order valence-corrected chi connectivity index (χ0v) is 20.1. The van der Waals surface area contributed by atoms with E-state index in [1.807, 2.05) is 62.0 Å². The molecule has 3 heterocycles. The average molecular weight is 475 g/mol. The molecule has 0 bridgehead atoms. The first-order valence-electron chi connectivity index (χ1n) is 12.0. The van der Waals surface area contributed by atoms with Gasteiger partial charge in [-0.2, -0.15) is 5.10 Å². The third-order valence-electron chi connectivity index (χ3n) is 6.90. The molecular formula is C29H26N6O. The molecule has 1 aliphatic rings. The third-order valence-corrected chi connectivity index (χ3v) is 6.90. The van der Waals surface area contributed by atoms with Crippen molar-refractivity contribution in [2.45, 2.75) is 19.3 Å². The number of benzene rings is 2. The predicted octanol–water partition coefficient (Wildman–Crippen LogP) is 5.33. The van der Waals surface area contributed by atoms with Gasteiger partial charge < -0.3 is 11.1 Å². The second-order valence-electron chi connectivity index (χ2n) is 9.46. The van der Waals surface area contributed by atoms with E-state index in [9.17, 15) is 4.79 Å². The fourth-order valence-electron chi connectivity index (χ4n) is 4.94. The minimum atomic E-state index is -0.0606. The van der Waals surface area contributed by atoms with Crippen molar-refractivity contribution in [3.63, 3.8) is 0 Å². The minimum Gasteiger partial charge on any atom is -0.398 e. The van der Waals surface area contributed by atoms with Crippen molar-refractivity contribution >= 4 is 28.2 Å². The highest BCUT2D eigenvalue weighted by Crippen LogP contribution is 2.48. The van der Waals surface area contributed by atoms with Crippen LogP contribution in [0.5, 0.6) is 0 Å². The number of nitrogen functional groups attached to an aromatic ring is 1. The number of hydrogen-bond acceptors (Lipinski definition) is 5. The van der Waals surface area contributed by atoms with E-state index in [0.29, 0.717) is 11.5 Å². The molecule has 0 aliphatic heterocycles. The Balaban J connectivity index is 1.33. The summed E-state index contributed by atoms with van der Waals surface area (Å²) in [5, 5.41) is 8.98. The lowest BCUT2D eigenvalue weighted by atomic mass is 9.93. The fraction of sp³-hybridized carbons (Fsp3) is 0.172. The van der Waals surface area contributed by atoms with E-state index >= 15 is 0 Å². The van der Waals surface area contributed by atoms with Crippen LogP contribution in [0, 0.1) is 12.8 Å². The van der Waals surface area contributed by atoms with Crippen LogP contribution in [-0.4, -0.2) is 25.7 Å². The van der Waals surface area contributed by atoms with Crippen molar-refractivity contribution < 1.29 is 4.79 Å². The van der Waals surface area contributed by atoms with Crippen LogP contribution < -0.4 is 11.1 Å². The summed E-state index contributed by atoms with van der Waals surface area (Å²) in [5.74, 6) is 0.655. The van der Waals surface area contributed by atoms with Crippen LogP contribution in [0.2, 0.25) is 0 Å². The maximum atomic E-state index is 12.9. The minimum absolute atomic E-state index is 0.0192. The second kappa shape index (κ2) is 8.61. The van der Waals surface area contributed by atoms with Gasteiger partial charge in [0.25, 0.3) is 0 Å². The standard InChI is InChI=1S/C29H26N6O/c1-17-8-9-31-28(18-6-4-3-5-7-18)27(17)20-10-19-12-26(32-15-24(19)25(30)11-20)34-29(36)23-13-22(23)21-14-33-35(2)16-21/h3-12,14-16,22-23H,13,30H2,1-2H3,(H,32,34,36)/t22-,23+/m0/s1. The van der Waals surface area contributed by atoms with Gasteiger partial charge >= 0.3 is 0 Å². The van der Waals surface area contributed by atoms with E-state index in [0.717, 1.165) is 50.7 Å². The lowest BCUT2D eigenvalue weighted by Gasteiger charge is -2.15. The van der Waals surface area contributed by atoms with E-state index in [4.69, 9.17) is 10.7 Å². The van der Waals surface area contributed by atoms with Crippen LogP contribution in [0.4, 0.5) is 11.5 Å². The Hall–Kier alpha value is -4.52. The zero-order valence-electron chi connectivity index (χ0n) is 20.1. The number of aromatic nitrogens is 4. The summed E-state index contributed by atoms with van der Waals surface area (Å²) in [6.07, 6.45) is 8.19. The van der Waals surface area contributed by atoms with Crippen LogP contribution in [0.3, 0.4) is 0 Å². The molecule has 1 fully saturated rings. The Morgan fingerprint density at radius 2 is 1.89 bits per heavy atom. The van der Waals surface area contributed by atoms with Gasteiger partial charge in [-0.25, -0.2) is 4.98 Å². The normalized spacial score (nSPS) is 16.7. The Labute approximate surface area is 209 Å². The van der Waals surface area contributed by atoms with Gasteiger partial charge in [0.05, 0.1) is 11.9 Å². The molecule has 0 radical (unpaired) electrons. The van der Waals surface area contributed by atoms with Crippen LogP contribution in [0.25, 0.3) is 33.2 Å². The van der Waals surface area contributed by atoms with Gasteiger partial charge in [0, 0.05) is 53.8 Å². The first kappa shape index (κ1) is 22.0. The quantitative estimate of drug-likeness (QED) is 0.336. The van der Waals surface area contributed by atoms with Gasteiger partial charge in [0.1, 0.15) is 5.82 Å². The predicted molar refractivity (Wildman–Crippen MR) is 142 cm³/mol. The van der Waals surface area contributed by atoms with Gasteiger partial charge in [-0.3, -0.25) is 14.5 Å². The molecule has 178 valence electrons. The first-order valence-corrected chi connectivity index (χ1v) is 12.0. The number of hydrogen-bond donors (Lipinski definition) is 2. The lowest BCUT2D eigenvalue weighted by Crippen LogP contribution is -2.15. The van der Waals surface area contributed by atoms with Crippen LogP contribution >= 0.6 is 0 Å². The summed E-state index contributed by atoms with van der Waals surface area (Å²) in [6.45, 7) is 2.08. The number of pyridine rings is 2. The second-order valence-corrected chi connectivity index (χ2v) is 9.46. The van der Waals surface area contributed by atoms with E-state index in [1.54, 1.807) is 10.9 Å². The summed E-state index contributed by atoms with van der Waals surface area (Å²) in [5.41, 5.74) is 13.3. The SMILES string of the molecule is Cc1ccnc(-c2ccccc2)c1-c1cc(N)c2cnc(NC(=O)[C@@H]3C[C@H]3c3cnn(C)c3)cc2c1.